The van der Waals surface area contributed by atoms with Crippen LogP contribution in [0, 0.1) is 0 Å². The van der Waals surface area contributed by atoms with Crippen LogP contribution < -0.4 is 5.73 Å². The van der Waals surface area contributed by atoms with E-state index in [1.807, 2.05) is 11.8 Å². The lowest BCUT2D eigenvalue weighted by molar-refractivity contribution is -0.143. The number of thiazole rings is 1. The molecule has 15 heavy (non-hydrogen) atoms. The maximum absolute atomic E-state index is 11.0. The van der Waals surface area contributed by atoms with E-state index in [1.165, 1.54) is 11.3 Å². The Balaban J connectivity index is 2.12. The van der Waals surface area contributed by atoms with Gasteiger partial charge in [0.1, 0.15) is 6.04 Å². The lowest BCUT2D eigenvalue weighted by Crippen LogP contribution is -2.37. The number of hydrogen-bond donors (Lipinski definition) is 2. The Morgan fingerprint density at radius 2 is 2.47 bits per heavy atom. The lowest BCUT2D eigenvalue weighted by Gasteiger charge is -2.21. The van der Waals surface area contributed by atoms with Crippen molar-refractivity contribution in [3.8, 4) is 0 Å². The molecular formula is C9H13N3O2S. The molecule has 0 spiro atoms. The summed E-state index contributed by atoms with van der Waals surface area (Å²) in [6, 6.07) is -0.410. The van der Waals surface area contributed by atoms with Gasteiger partial charge in [0, 0.05) is 18.0 Å². The van der Waals surface area contributed by atoms with E-state index in [0.29, 0.717) is 24.6 Å². The first-order chi connectivity index (χ1) is 7.11. The Hall–Kier alpha value is -1.14. The quantitative estimate of drug-likeness (QED) is 0.802. The molecule has 0 saturated heterocycles. The Bertz CT molecular complexity index is 367. The highest BCUT2D eigenvalue weighted by Gasteiger charge is 2.31. The maximum Gasteiger partial charge on any atom is 0.320 e. The van der Waals surface area contributed by atoms with Gasteiger partial charge in [-0.05, 0) is 6.42 Å². The van der Waals surface area contributed by atoms with Gasteiger partial charge in [0.25, 0.3) is 0 Å². The van der Waals surface area contributed by atoms with E-state index in [1.54, 1.807) is 0 Å². The third kappa shape index (κ3) is 1.82. The predicted octanol–water partition coefficient (Wildman–Crippen LogP) is 0.904. The van der Waals surface area contributed by atoms with Crippen LogP contribution in [0.1, 0.15) is 23.9 Å². The number of nitrogens with two attached hydrogens (primary N) is 1. The third-order valence-corrected chi connectivity index (χ3v) is 3.52. The summed E-state index contributed by atoms with van der Waals surface area (Å²) in [7, 11) is 0. The van der Waals surface area contributed by atoms with E-state index in [2.05, 4.69) is 4.98 Å². The van der Waals surface area contributed by atoms with Crippen LogP contribution in [0.25, 0.3) is 0 Å². The van der Waals surface area contributed by atoms with E-state index < -0.39 is 12.0 Å². The largest absolute Gasteiger partial charge is 0.480 e. The SMILES string of the molecule is CCC(C(=O)O)N1Cc2nc(N)sc2C1. The average Bonchev–Trinajstić information content (AvgIpc) is 2.61. The highest BCUT2D eigenvalue weighted by molar-refractivity contribution is 7.15. The number of aromatic nitrogens is 1. The van der Waals surface area contributed by atoms with Gasteiger partial charge in [-0.3, -0.25) is 9.69 Å². The van der Waals surface area contributed by atoms with Crippen molar-refractivity contribution < 1.29 is 9.90 Å². The van der Waals surface area contributed by atoms with E-state index in [0.717, 1.165) is 10.6 Å². The fraction of sp³-hybridized carbons (Fsp3) is 0.556. The number of nitrogens with zero attached hydrogens (tertiary/aromatic N) is 2. The average molecular weight is 227 g/mol. The first kappa shape index (κ1) is 10.4. The zero-order valence-corrected chi connectivity index (χ0v) is 9.25. The van der Waals surface area contributed by atoms with Crippen LogP contribution in [0.2, 0.25) is 0 Å². The fourth-order valence-corrected chi connectivity index (χ4v) is 2.76. The van der Waals surface area contributed by atoms with Gasteiger partial charge in [-0.1, -0.05) is 6.92 Å². The first-order valence-corrected chi connectivity index (χ1v) is 5.64. The number of aliphatic carboxylic acids is 1. The van der Waals surface area contributed by atoms with E-state index in [4.69, 9.17) is 10.8 Å². The first-order valence-electron chi connectivity index (χ1n) is 4.82. The molecule has 0 aromatic carbocycles. The number of anilines is 1. The number of carboxylic acids is 1. The molecule has 2 heterocycles. The van der Waals surface area contributed by atoms with Crippen molar-refractivity contribution in [3.05, 3.63) is 10.6 Å². The molecule has 0 bridgehead atoms. The number of carbonyl (C=O) groups is 1. The van der Waals surface area contributed by atoms with E-state index in [9.17, 15) is 4.79 Å². The third-order valence-electron chi connectivity index (χ3n) is 2.61. The molecule has 1 aromatic heterocycles. The van der Waals surface area contributed by atoms with Crippen LogP contribution in [0.15, 0.2) is 0 Å². The van der Waals surface area contributed by atoms with Gasteiger partial charge < -0.3 is 10.8 Å². The van der Waals surface area contributed by atoms with E-state index >= 15 is 0 Å². The molecule has 5 nitrogen and oxygen atoms in total. The normalized spacial score (nSPS) is 17.7. The van der Waals surface area contributed by atoms with Gasteiger partial charge >= 0.3 is 5.97 Å². The van der Waals surface area contributed by atoms with Crippen molar-refractivity contribution in [2.45, 2.75) is 32.5 Å². The molecule has 1 unspecified atom stereocenters. The topological polar surface area (TPSA) is 79.5 Å². The molecule has 1 aliphatic heterocycles. The number of nitrogen functional groups attached to an aromatic ring is 1. The monoisotopic (exact) mass is 227 g/mol. The lowest BCUT2D eigenvalue weighted by atomic mass is 10.2. The van der Waals surface area contributed by atoms with Crippen LogP contribution in [0.3, 0.4) is 0 Å². The summed E-state index contributed by atoms with van der Waals surface area (Å²) in [5.41, 5.74) is 6.52. The summed E-state index contributed by atoms with van der Waals surface area (Å²) in [6.45, 7) is 3.15. The van der Waals surface area contributed by atoms with Crippen molar-refractivity contribution in [2.75, 3.05) is 5.73 Å². The molecular weight excluding hydrogens is 214 g/mol. The molecule has 0 aliphatic carbocycles. The summed E-state index contributed by atoms with van der Waals surface area (Å²) in [6.07, 6.45) is 0.611. The van der Waals surface area contributed by atoms with Crippen molar-refractivity contribution in [3.63, 3.8) is 0 Å². The highest BCUT2D eigenvalue weighted by Crippen LogP contribution is 2.31. The zero-order chi connectivity index (χ0) is 11.0. The molecule has 0 fully saturated rings. The molecule has 1 aliphatic rings. The second kappa shape index (κ2) is 3.79. The van der Waals surface area contributed by atoms with Crippen molar-refractivity contribution >= 4 is 22.4 Å². The van der Waals surface area contributed by atoms with Gasteiger partial charge in [-0.15, -0.1) is 11.3 Å². The summed E-state index contributed by atoms with van der Waals surface area (Å²) in [4.78, 5) is 18.2. The number of hydrogen-bond acceptors (Lipinski definition) is 5. The van der Waals surface area contributed by atoms with E-state index in [-0.39, 0.29) is 0 Å². The smallest absolute Gasteiger partial charge is 0.320 e. The summed E-state index contributed by atoms with van der Waals surface area (Å²) < 4.78 is 0. The minimum absolute atomic E-state index is 0.410. The Morgan fingerprint density at radius 1 is 1.73 bits per heavy atom. The molecule has 1 aromatic rings. The number of fused-ring (bicyclic) bond motifs is 1. The van der Waals surface area contributed by atoms with Crippen LogP contribution in [0.5, 0.6) is 0 Å². The van der Waals surface area contributed by atoms with Crippen LogP contribution in [-0.4, -0.2) is 27.0 Å². The van der Waals surface area contributed by atoms with Gasteiger partial charge in [-0.25, -0.2) is 4.98 Å². The Kier molecular flexibility index (Phi) is 2.62. The number of carboxylic acid groups (broad SMARTS) is 1. The molecule has 3 N–H and O–H groups in total. The fourth-order valence-electron chi connectivity index (χ4n) is 1.89. The second-order valence-corrected chi connectivity index (χ2v) is 4.70. The minimum atomic E-state index is -0.763. The highest BCUT2D eigenvalue weighted by atomic mass is 32.1. The second-order valence-electron chi connectivity index (χ2n) is 3.59. The number of rotatable bonds is 3. The maximum atomic E-state index is 11.0. The summed E-state index contributed by atoms with van der Waals surface area (Å²) in [5.74, 6) is -0.763. The minimum Gasteiger partial charge on any atom is -0.480 e. The van der Waals surface area contributed by atoms with Crippen LogP contribution >= 0.6 is 11.3 Å². The molecule has 6 heteroatoms. The molecule has 0 saturated carbocycles. The van der Waals surface area contributed by atoms with Crippen molar-refractivity contribution in [2.24, 2.45) is 0 Å². The Morgan fingerprint density at radius 3 is 3.00 bits per heavy atom. The van der Waals surface area contributed by atoms with Crippen molar-refractivity contribution in [1.82, 2.24) is 9.88 Å². The predicted molar refractivity (Wildman–Crippen MR) is 57.5 cm³/mol. The molecule has 0 amide bonds. The van der Waals surface area contributed by atoms with Crippen molar-refractivity contribution in [1.29, 1.82) is 0 Å². The summed E-state index contributed by atoms with van der Waals surface area (Å²) in [5, 5.41) is 9.59. The molecule has 0 radical (unpaired) electrons. The van der Waals surface area contributed by atoms with Gasteiger partial charge in [0.05, 0.1) is 5.69 Å². The standard InChI is InChI=1S/C9H13N3O2S/c1-2-6(8(13)14)12-3-5-7(4-12)15-9(10)11-5/h6H,2-4H2,1H3,(H2,10,11)(H,13,14). The zero-order valence-electron chi connectivity index (χ0n) is 8.43. The molecule has 1 atom stereocenters. The molecule has 82 valence electrons. The Labute approximate surface area is 91.5 Å². The van der Waals surface area contributed by atoms with Gasteiger partial charge in [-0.2, -0.15) is 0 Å². The van der Waals surface area contributed by atoms with Gasteiger partial charge in [0.2, 0.25) is 0 Å². The van der Waals surface area contributed by atoms with Crippen LogP contribution in [-0.2, 0) is 17.9 Å². The van der Waals surface area contributed by atoms with Gasteiger partial charge in [0.15, 0.2) is 5.13 Å². The summed E-state index contributed by atoms with van der Waals surface area (Å²) >= 11 is 1.45. The van der Waals surface area contributed by atoms with Crippen LogP contribution in [0.4, 0.5) is 5.13 Å². The molecule has 2 rings (SSSR count).